The first kappa shape index (κ1) is 14.1. The average Bonchev–Trinajstić information content (AvgIpc) is 3.09. The monoisotopic (exact) mass is 257 g/mol. The molecule has 83 valence electrons. The van der Waals surface area contributed by atoms with Crippen molar-refractivity contribution in [2.45, 2.75) is 0 Å². The Hall–Kier alpha value is -1.85. The van der Waals surface area contributed by atoms with Crippen LogP contribution in [0.1, 0.15) is 0 Å². The van der Waals surface area contributed by atoms with Gasteiger partial charge in [0, 0.05) is 0 Å². The summed E-state index contributed by atoms with van der Waals surface area (Å²) in [5.41, 5.74) is 0. The molecular weight excluding hydrogens is 248 g/mol. The van der Waals surface area contributed by atoms with Gasteiger partial charge < -0.3 is 29.9 Å². The molecule has 1 radical (unpaired) electrons. The maximum atomic E-state index is 3.61. The molecule has 0 atom stereocenters. The van der Waals surface area contributed by atoms with E-state index in [2.05, 4.69) is 29.9 Å². The van der Waals surface area contributed by atoms with Gasteiger partial charge in [-0.05, 0) is 0 Å². The van der Waals surface area contributed by atoms with Crippen molar-refractivity contribution in [3.63, 3.8) is 0 Å². The van der Waals surface area contributed by atoms with Crippen molar-refractivity contribution >= 4 is 0 Å². The van der Waals surface area contributed by atoms with Crippen molar-refractivity contribution < 1.29 is 17.1 Å². The van der Waals surface area contributed by atoms with E-state index in [4.69, 9.17) is 0 Å². The zero-order valence-electron chi connectivity index (χ0n) is 8.23. The summed E-state index contributed by atoms with van der Waals surface area (Å²) < 4.78 is 0. The van der Waals surface area contributed by atoms with Crippen LogP contribution < -0.4 is 15.0 Å². The Kier molecular flexibility index (Phi) is 9.93. The van der Waals surface area contributed by atoms with Crippen LogP contribution in [0.15, 0.2) is 56.2 Å². The summed E-state index contributed by atoms with van der Waals surface area (Å²) in [4.78, 5) is 21.7. The van der Waals surface area contributed by atoms with Gasteiger partial charge in [0.05, 0.1) is 0 Å². The van der Waals surface area contributed by atoms with Gasteiger partial charge in [0.15, 0.2) is 0 Å². The van der Waals surface area contributed by atoms with Crippen molar-refractivity contribution in [2.75, 3.05) is 0 Å². The molecule has 0 saturated heterocycles. The third-order valence-electron chi connectivity index (χ3n) is 1.12. The van der Waals surface area contributed by atoms with Gasteiger partial charge in [-0.25, -0.2) is 0 Å². The summed E-state index contributed by atoms with van der Waals surface area (Å²) >= 11 is 0. The average molecular weight is 257 g/mol. The van der Waals surface area contributed by atoms with Crippen LogP contribution in [-0.2, 0) is 17.1 Å². The van der Waals surface area contributed by atoms with Crippen molar-refractivity contribution in [3.8, 4) is 0 Å². The van der Waals surface area contributed by atoms with E-state index >= 15 is 0 Å². The second kappa shape index (κ2) is 11.2. The number of hydrogen-bond acceptors (Lipinski definition) is 3. The van der Waals surface area contributed by atoms with E-state index in [0.717, 1.165) is 0 Å². The predicted octanol–water partition coefficient (Wildman–Crippen LogP) is 0.114. The van der Waals surface area contributed by atoms with Crippen LogP contribution in [0.25, 0.3) is 0 Å². The van der Waals surface area contributed by atoms with Gasteiger partial charge in [-0.1, -0.05) is 56.2 Å². The summed E-state index contributed by atoms with van der Waals surface area (Å²) in [5, 5.41) is 0. The number of imidazole rings is 3. The quantitative estimate of drug-likeness (QED) is 0.532. The van der Waals surface area contributed by atoms with Gasteiger partial charge in [0.25, 0.3) is 0 Å². The van der Waals surface area contributed by atoms with Crippen molar-refractivity contribution in [1.29, 1.82) is 0 Å². The zero-order valence-corrected chi connectivity index (χ0v) is 9.34. The molecule has 6 nitrogen and oxygen atoms in total. The molecule has 0 unspecified atom stereocenters. The van der Waals surface area contributed by atoms with Crippen molar-refractivity contribution in [1.82, 2.24) is 29.9 Å². The maximum Gasteiger partial charge on any atom is 3.00 e. The minimum absolute atomic E-state index is 0. The Morgan fingerprint density at radius 2 is 0.875 bits per heavy atom. The number of aromatic nitrogens is 6. The molecule has 0 aromatic carbocycles. The Morgan fingerprint density at radius 1 is 0.562 bits per heavy atom. The molecule has 0 saturated carbocycles. The van der Waals surface area contributed by atoms with E-state index in [9.17, 15) is 0 Å². The van der Waals surface area contributed by atoms with E-state index < -0.39 is 0 Å². The molecular formula is C9H9FeN6. The molecule has 16 heavy (non-hydrogen) atoms. The summed E-state index contributed by atoms with van der Waals surface area (Å²) in [6.45, 7) is 0. The molecule has 7 heteroatoms. The van der Waals surface area contributed by atoms with E-state index in [1.54, 1.807) is 37.2 Å². The van der Waals surface area contributed by atoms with Crippen LogP contribution in [0.3, 0.4) is 0 Å². The first-order valence-corrected chi connectivity index (χ1v) is 4.10. The smallest absolute Gasteiger partial charge is 0.450 e. The fraction of sp³-hybridized carbons (Fsp3) is 0. The molecule has 0 N–H and O–H groups in total. The Morgan fingerprint density at radius 3 is 0.938 bits per heavy atom. The second-order valence-electron chi connectivity index (χ2n) is 2.14. The normalized spacial score (nSPS) is 7.50. The molecule has 0 amide bonds. The van der Waals surface area contributed by atoms with Crippen molar-refractivity contribution in [3.05, 3.63) is 56.2 Å². The van der Waals surface area contributed by atoms with Crippen LogP contribution in [0.4, 0.5) is 0 Å². The summed E-state index contributed by atoms with van der Waals surface area (Å²) in [6, 6.07) is 0. The third kappa shape index (κ3) is 8.73. The topological polar surface area (TPSA) is 81.0 Å². The molecule has 3 aromatic heterocycles. The Balaban J connectivity index is 0.000000205. The fourth-order valence-corrected chi connectivity index (χ4v) is 0.577. The van der Waals surface area contributed by atoms with Gasteiger partial charge in [-0.2, -0.15) is 0 Å². The number of nitrogens with zero attached hydrogens (tertiary/aromatic N) is 6. The Bertz CT molecular complexity index is 252. The molecule has 3 aromatic rings. The van der Waals surface area contributed by atoms with Crippen molar-refractivity contribution in [2.24, 2.45) is 0 Å². The molecule has 0 aliphatic rings. The molecule has 0 bridgehead atoms. The van der Waals surface area contributed by atoms with E-state index in [1.165, 1.54) is 19.0 Å². The van der Waals surface area contributed by atoms with E-state index in [-0.39, 0.29) is 17.1 Å². The van der Waals surface area contributed by atoms with E-state index in [0.29, 0.717) is 0 Å². The van der Waals surface area contributed by atoms with Gasteiger partial charge in [-0.3, -0.25) is 0 Å². The molecule has 0 fully saturated rings. The molecule has 0 aliphatic heterocycles. The minimum atomic E-state index is 0. The number of hydrogen-bond donors (Lipinski definition) is 0. The van der Waals surface area contributed by atoms with Gasteiger partial charge in [0.1, 0.15) is 0 Å². The van der Waals surface area contributed by atoms with Crippen LogP contribution >= 0.6 is 0 Å². The van der Waals surface area contributed by atoms with Crippen LogP contribution in [0, 0.1) is 0 Å². The first-order chi connectivity index (χ1) is 7.50. The summed E-state index contributed by atoms with van der Waals surface area (Å²) in [7, 11) is 0. The molecule has 0 aliphatic carbocycles. The minimum Gasteiger partial charge on any atom is -0.450 e. The third-order valence-corrected chi connectivity index (χ3v) is 1.12. The van der Waals surface area contributed by atoms with E-state index in [1.807, 2.05) is 0 Å². The standard InChI is InChI=1S/3C3H3N2.Fe/c3*1-2-5-3-4-1;/h3*1-3H;/q3*-1;+3. The maximum absolute atomic E-state index is 3.61. The fourth-order valence-electron chi connectivity index (χ4n) is 0.577. The van der Waals surface area contributed by atoms with Crippen LogP contribution in [0.5, 0.6) is 0 Å². The van der Waals surface area contributed by atoms with Crippen LogP contribution in [0.2, 0.25) is 0 Å². The Labute approximate surface area is 103 Å². The molecule has 0 spiro atoms. The SMILES string of the molecule is [Fe+3].c1c[n-]cn1.c1c[n-]cn1.c1c[n-]cn1. The summed E-state index contributed by atoms with van der Waals surface area (Å²) in [5.74, 6) is 0. The number of rotatable bonds is 0. The second-order valence-corrected chi connectivity index (χ2v) is 2.14. The predicted molar refractivity (Wildman–Crippen MR) is 52.7 cm³/mol. The zero-order chi connectivity index (χ0) is 10.6. The first-order valence-electron chi connectivity index (χ1n) is 4.10. The summed E-state index contributed by atoms with van der Waals surface area (Å²) in [6.07, 6.45) is 14.3. The molecule has 3 heterocycles. The van der Waals surface area contributed by atoms with Gasteiger partial charge >= 0.3 is 17.1 Å². The van der Waals surface area contributed by atoms with Crippen LogP contribution in [-0.4, -0.2) is 15.0 Å². The van der Waals surface area contributed by atoms with Gasteiger partial charge in [0.2, 0.25) is 0 Å². The largest absolute Gasteiger partial charge is 3.00 e. The molecule has 3 rings (SSSR count). The van der Waals surface area contributed by atoms with Gasteiger partial charge in [-0.15, -0.1) is 0 Å².